The van der Waals surface area contributed by atoms with Gasteiger partial charge in [0, 0.05) is 19.6 Å². The number of carboxylic acids is 1. The highest BCUT2D eigenvalue weighted by Gasteiger charge is 2.31. The molecule has 0 saturated carbocycles. The van der Waals surface area contributed by atoms with Gasteiger partial charge in [0.25, 0.3) is 0 Å². The van der Waals surface area contributed by atoms with Crippen LogP contribution < -0.4 is 5.32 Å². The molecule has 2 atom stereocenters. The minimum Gasteiger partial charge on any atom is -0.481 e. The fourth-order valence-electron chi connectivity index (χ4n) is 1.42. The lowest BCUT2D eigenvalue weighted by molar-refractivity contribution is -0.148. The first-order valence-corrected chi connectivity index (χ1v) is 4.19. The Morgan fingerprint density at radius 2 is 2.23 bits per heavy atom. The fourth-order valence-corrected chi connectivity index (χ4v) is 1.42. The number of aliphatic carboxylic acids is 1. The van der Waals surface area contributed by atoms with E-state index in [2.05, 4.69) is 5.32 Å². The summed E-state index contributed by atoms with van der Waals surface area (Å²) in [5.74, 6) is -1.73. The Bertz CT molecular complexity index is 216. The van der Waals surface area contributed by atoms with Gasteiger partial charge in [-0.3, -0.25) is 9.59 Å². The first-order chi connectivity index (χ1) is 6.11. The number of carboxylic acid groups (broad SMARTS) is 1. The van der Waals surface area contributed by atoms with Gasteiger partial charge in [0.05, 0.1) is 6.61 Å². The minimum absolute atomic E-state index is 0.181. The Morgan fingerprint density at radius 3 is 2.77 bits per heavy atom. The van der Waals surface area contributed by atoms with Crippen molar-refractivity contribution in [2.24, 2.45) is 5.92 Å². The first kappa shape index (κ1) is 9.98. The molecule has 2 unspecified atom stereocenters. The van der Waals surface area contributed by atoms with Crippen molar-refractivity contribution in [1.82, 2.24) is 5.32 Å². The monoisotopic (exact) mass is 187 g/mol. The molecule has 1 rings (SSSR count). The van der Waals surface area contributed by atoms with Crippen LogP contribution in [0.4, 0.5) is 0 Å². The van der Waals surface area contributed by atoms with Gasteiger partial charge in [-0.25, -0.2) is 0 Å². The number of nitrogens with one attached hydrogen (secondary N) is 1. The topological polar surface area (TPSA) is 75.6 Å². The lowest BCUT2D eigenvalue weighted by Crippen LogP contribution is -2.47. The van der Waals surface area contributed by atoms with Crippen molar-refractivity contribution in [2.45, 2.75) is 19.4 Å². The third kappa shape index (κ3) is 2.69. The van der Waals surface area contributed by atoms with Crippen molar-refractivity contribution in [3.63, 3.8) is 0 Å². The average Bonchev–Trinajstić information content (AvgIpc) is 2.03. The lowest BCUT2D eigenvalue weighted by atomic mass is 9.96. The lowest BCUT2D eigenvalue weighted by Gasteiger charge is -2.28. The molecule has 0 aromatic rings. The van der Waals surface area contributed by atoms with Gasteiger partial charge in [0.2, 0.25) is 5.91 Å². The van der Waals surface area contributed by atoms with Crippen LogP contribution in [-0.2, 0) is 14.3 Å². The highest BCUT2D eigenvalue weighted by Crippen LogP contribution is 2.14. The summed E-state index contributed by atoms with van der Waals surface area (Å²) in [5, 5.41) is 11.4. The summed E-state index contributed by atoms with van der Waals surface area (Å²) < 4.78 is 5.02. The Morgan fingerprint density at radius 1 is 1.54 bits per heavy atom. The van der Waals surface area contributed by atoms with Crippen LogP contribution in [0, 0.1) is 5.92 Å². The highest BCUT2D eigenvalue weighted by molar-refractivity contribution is 5.76. The van der Waals surface area contributed by atoms with Gasteiger partial charge in [0.15, 0.2) is 0 Å². The zero-order chi connectivity index (χ0) is 9.84. The summed E-state index contributed by atoms with van der Waals surface area (Å²) in [6, 6.07) is -0.288. The van der Waals surface area contributed by atoms with Crippen molar-refractivity contribution in [1.29, 1.82) is 0 Å². The van der Waals surface area contributed by atoms with Gasteiger partial charge in [0.1, 0.15) is 5.92 Å². The molecule has 0 bridgehead atoms. The Kier molecular flexibility index (Phi) is 3.25. The summed E-state index contributed by atoms with van der Waals surface area (Å²) in [7, 11) is 0. The van der Waals surface area contributed by atoms with E-state index in [4.69, 9.17) is 9.84 Å². The molecule has 5 heteroatoms. The average molecular weight is 187 g/mol. The van der Waals surface area contributed by atoms with E-state index >= 15 is 0 Å². The van der Waals surface area contributed by atoms with Crippen LogP contribution in [0.15, 0.2) is 0 Å². The van der Waals surface area contributed by atoms with Crippen LogP contribution in [0.3, 0.4) is 0 Å². The minimum atomic E-state index is -0.918. The molecule has 0 radical (unpaired) electrons. The Labute approximate surface area is 76.1 Å². The molecule has 0 aromatic heterocycles. The third-order valence-corrected chi connectivity index (χ3v) is 2.06. The molecule has 1 amide bonds. The van der Waals surface area contributed by atoms with Crippen LogP contribution >= 0.6 is 0 Å². The Balaban J connectivity index is 2.56. The van der Waals surface area contributed by atoms with Gasteiger partial charge < -0.3 is 15.2 Å². The van der Waals surface area contributed by atoms with Gasteiger partial charge in [-0.05, 0) is 6.42 Å². The summed E-state index contributed by atoms with van der Waals surface area (Å²) in [6.45, 7) is 2.07. The normalized spacial score (nSPS) is 28.1. The molecule has 5 nitrogen and oxygen atoms in total. The number of rotatable bonds is 2. The summed E-state index contributed by atoms with van der Waals surface area (Å²) in [5.41, 5.74) is 0. The fraction of sp³-hybridized carbons (Fsp3) is 0.750. The number of amides is 1. The van der Waals surface area contributed by atoms with E-state index < -0.39 is 11.9 Å². The second-order valence-corrected chi connectivity index (χ2v) is 3.12. The van der Waals surface area contributed by atoms with Crippen LogP contribution in [-0.4, -0.2) is 36.2 Å². The maximum atomic E-state index is 10.7. The predicted octanol–water partition coefficient (Wildman–Crippen LogP) is -0.388. The Hall–Kier alpha value is -1.10. The van der Waals surface area contributed by atoms with E-state index in [0.29, 0.717) is 13.0 Å². The van der Waals surface area contributed by atoms with E-state index in [1.54, 1.807) is 0 Å². The molecule has 0 aromatic carbocycles. The molecule has 1 aliphatic heterocycles. The molecule has 0 aliphatic carbocycles. The number of hydrogen-bond acceptors (Lipinski definition) is 3. The predicted molar refractivity (Wildman–Crippen MR) is 44.2 cm³/mol. The van der Waals surface area contributed by atoms with E-state index in [1.807, 2.05) is 0 Å². The first-order valence-electron chi connectivity index (χ1n) is 4.19. The van der Waals surface area contributed by atoms with E-state index in [0.717, 1.165) is 0 Å². The number of carbonyl (C=O) groups excluding carboxylic acids is 1. The second-order valence-electron chi connectivity index (χ2n) is 3.12. The smallest absolute Gasteiger partial charge is 0.310 e. The summed E-state index contributed by atoms with van der Waals surface area (Å²) in [4.78, 5) is 21.5. The summed E-state index contributed by atoms with van der Waals surface area (Å²) >= 11 is 0. The van der Waals surface area contributed by atoms with Gasteiger partial charge in [-0.1, -0.05) is 0 Å². The standard InChI is InChI=1S/C8H13NO4/c1-5(10)9-7-2-3-13-4-6(7)8(11)12/h6-7H,2-4H2,1H3,(H,9,10)(H,11,12). The number of hydrogen-bond donors (Lipinski definition) is 2. The summed E-state index contributed by atoms with van der Waals surface area (Å²) in [6.07, 6.45) is 0.566. The van der Waals surface area contributed by atoms with Gasteiger partial charge in [-0.2, -0.15) is 0 Å². The molecule has 1 heterocycles. The number of carbonyl (C=O) groups is 2. The molecule has 2 N–H and O–H groups in total. The van der Waals surface area contributed by atoms with Gasteiger partial charge in [-0.15, -0.1) is 0 Å². The van der Waals surface area contributed by atoms with Crippen LogP contribution in [0.1, 0.15) is 13.3 Å². The van der Waals surface area contributed by atoms with Crippen molar-refractivity contribution < 1.29 is 19.4 Å². The van der Waals surface area contributed by atoms with E-state index in [1.165, 1.54) is 6.92 Å². The SMILES string of the molecule is CC(=O)NC1CCOCC1C(=O)O. The highest BCUT2D eigenvalue weighted by atomic mass is 16.5. The van der Waals surface area contributed by atoms with Crippen molar-refractivity contribution in [3.05, 3.63) is 0 Å². The van der Waals surface area contributed by atoms with Crippen molar-refractivity contribution >= 4 is 11.9 Å². The molecular weight excluding hydrogens is 174 g/mol. The maximum Gasteiger partial charge on any atom is 0.310 e. The van der Waals surface area contributed by atoms with Crippen LogP contribution in [0.5, 0.6) is 0 Å². The molecule has 1 saturated heterocycles. The zero-order valence-corrected chi connectivity index (χ0v) is 7.45. The number of ether oxygens (including phenoxy) is 1. The molecule has 0 spiro atoms. The molecule has 74 valence electrons. The largest absolute Gasteiger partial charge is 0.481 e. The third-order valence-electron chi connectivity index (χ3n) is 2.06. The van der Waals surface area contributed by atoms with Gasteiger partial charge >= 0.3 is 5.97 Å². The zero-order valence-electron chi connectivity index (χ0n) is 7.45. The molecule has 1 aliphatic rings. The quantitative estimate of drug-likeness (QED) is 0.617. The van der Waals surface area contributed by atoms with Crippen LogP contribution in [0.2, 0.25) is 0 Å². The van der Waals surface area contributed by atoms with E-state index in [9.17, 15) is 9.59 Å². The maximum absolute atomic E-state index is 10.7. The van der Waals surface area contributed by atoms with Crippen LogP contribution in [0.25, 0.3) is 0 Å². The van der Waals surface area contributed by atoms with Crippen molar-refractivity contribution in [2.75, 3.05) is 13.2 Å². The second kappa shape index (κ2) is 4.23. The molecule has 1 fully saturated rings. The van der Waals surface area contributed by atoms with Crippen molar-refractivity contribution in [3.8, 4) is 0 Å². The molecular formula is C8H13NO4. The van der Waals surface area contributed by atoms with E-state index in [-0.39, 0.29) is 18.6 Å². The molecule has 13 heavy (non-hydrogen) atoms.